The highest BCUT2D eigenvalue weighted by molar-refractivity contribution is 7.07. The van der Waals surface area contributed by atoms with Crippen LogP contribution in [0.15, 0.2) is 10.9 Å². The second-order valence-corrected chi connectivity index (χ2v) is 5.29. The minimum Gasteiger partial charge on any atom is -0.344 e. The minimum absolute atomic E-state index is 0.0937. The highest BCUT2D eigenvalue weighted by atomic mass is 35.5. The molecule has 0 unspecified atom stereocenters. The molecule has 0 aliphatic heterocycles. The lowest BCUT2D eigenvalue weighted by Gasteiger charge is -2.36. The Hall–Kier alpha value is -0.610. The Bertz CT molecular complexity index is 347. The lowest BCUT2D eigenvalue weighted by Crippen LogP contribution is -2.51. The molecule has 1 N–H and O–H groups in total. The van der Waals surface area contributed by atoms with Crippen LogP contribution in [0.4, 0.5) is 0 Å². The molecule has 16 heavy (non-hydrogen) atoms. The average Bonchev–Trinajstić information content (AvgIpc) is 2.84. The zero-order valence-corrected chi connectivity index (χ0v) is 10.6. The molecule has 1 aromatic heterocycles. The summed E-state index contributed by atoms with van der Waals surface area (Å²) in [5, 5.41) is 4.82. The van der Waals surface area contributed by atoms with Gasteiger partial charge in [0.2, 0.25) is 0 Å². The number of rotatable bonds is 3. The fourth-order valence-electron chi connectivity index (χ4n) is 2.15. The zero-order chi connectivity index (χ0) is 11.4. The molecule has 1 fully saturated rings. The number of hydrogen-bond acceptors (Lipinski definition) is 3. The van der Waals surface area contributed by atoms with E-state index < -0.39 is 0 Å². The predicted octanol–water partition coefficient (Wildman–Crippen LogP) is 2.81. The number of nitrogens with zero attached hydrogens (tertiary/aromatic N) is 1. The van der Waals surface area contributed by atoms with Crippen molar-refractivity contribution >= 4 is 28.8 Å². The second kappa shape index (κ2) is 5.15. The molecule has 1 saturated carbocycles. The SMILES string of the molecule is O=C(NC1(CCl)CCCCC1)c1cscn1. The summed E-state index contributed by atoms with van der Waals surface area (Å²) in [6, 6.07) is 0. The van der Waals surface area contributed by atoms with Gasteiger partial charge in [0, 0.05) is 11.3 Å². The molecular weight excluding hydrogens is 244 g/mol. The molecule has 0 atom stereocenters. The van der Waals surface area contributed by atoms with E-state index in [4.69, 9.17) is 11.6 Å². The smallest absolute Gasteiger partial charge is 0.271 e. The Morgan fingerprint density at radius 1 is 1.50 bits per heavy atom. The van der Waals surface area contributed by atoms with Gasteiger partial charge in [0.15, 0.2) is 0 Å². The van der Waals surface area contributed by atoms with Gasteiger partial charge in [-0.3, -0.25) is 4.79 Å². The summed E-state index contributed by atoms with van der Waals surface area (Å²) in [5.74, 6) is 0.395. The molecule has 1 aliphatic rings. The topological polar surface area (TPSA) is 42.0 Å². The van der Waals surface area contributed by atoms with Crippen molar-refractivity contribution in [2.75, 3.05) is 5.88 Å². The summed E-state index contributed by atoms with van der Waals surface area (Å²) >= 11 is 7.44. The van der Waals surface area contributed by atoms with E-state index in [1.165, 1.54) is 17.8 Å². The summed E-state index contributed by atoms with van der Waals surface area (Å²) < 4.78 is 0. The molecule has 0 radical (unpaired) electrons. The van der Waals surface area contributed by atoms with Crippen molar-refractivity contribution in [3.63, 3.8) is 0 Å². The Balaban J connectivity index is 2.03. The number of hydrogen-bond donors (Lipinski definition) is 1. The zero-order valence-electron chi connectivity index (χ0n) is 9.04. The molecule has 0 spiro atoms. The largest absolute Gasteiger partial charge is 0.344 e. The van der Waals surface area contributed by atoms with Crippen molar-refractivity contribution in [1.29, 1.82) is 0 Å². The van der Waals surface area contributed by atoms with Crippen LogP contribution in [0.1, 0.15) is 42.6 Å². The fourth-order valence-corrected chi connectivity index (χ4v) is 3.02. The van der Waals surface area contributed by atoms with Gasteiger partial charge in [-0.15, -0.1) is 22.9 Å². The van der Waals surface area contributed by atoms with E-state index in [9.17, 15) is 4.79 Å². The van der Waals surface area contributed by atoms with Crippen LogP contribution in [0.5, 0.6) is 0 Å². The van der Waals surface area contributed by atoms with Gasteiger partial charge >= 0.3 is 0 Å². The van der Waals surface area contributed by atoms with Gasteiger partial charge in [-0.25, -0.2) is 4.98 Å². The molecule has 0 saturated heterocycles. The van der Waals surface area contributed by atoms with Crippen molar-refractivity contribution in [2.45, 2.75) is 37.6 Å². The quantitative estimate of drug-likeness (QED) is 0.847. The molecule has 88 valence electrons. The molecular formula is C11H15ClN2OS. The third kappa shape index (κ3) is 2.55. The minimum atomic E-state index is -0.208. The first kappa shape index (κ1) is 11.9. The van der Waals surface area contributed by atoms with E-state index in [1.807, 2.05) is 0 Å². The maximum atomic E-state index is 11.9. The van der Waals surface area contributed by atoms with E-state index >= 15 is 0 Å². The van der Waals surface area contributed by atoms with Crippen molar-refractivity contribution in [3.05, 3.63) is 16.6 Å². The first-order chi connectivity index (χ1) is 7.76. The normalized spacial score (nSPS) is 19.3. The van der Waals surface area contributed by atoms with Crippen LogP contribution >= 0.6 is 22.9 Å². The van der Waals surface area contributed by atoms with Gasteiger partial charge in [0.1, 0.15) is 5.69 Å². The fraction of sp³-hybridized carbons (Fsp3) is 0.636. The number of aromatic nitrogens is 1. The number of halogens is 1. The molecule has 1 aromatic rings. The number of amides is 1. The van der Waals surface area contributed by atoms with Gasteiger partial charge in [0.05, 0.1) is 11.0 Å². The van der Waals surface area contributed by atoms with Crippen molar-refractivity contribution in [3.8, 4) is 0 Å². The maximum Gasteiger partial charge on any atom is 0.271 e. The van der Waals surface area contributed by atoms with Crippen LogP contribution in [0.2, 0.25) is 0 Å². The number of carbonyl (C=O) groups excluding carboxylic acids is 1. The first-order valence-corrected chi connectivity index (χ1v) is 7.00. The molecule has 3 nitrogen and oxygen atoms in total. The summed E-state index contributed by atoms with van der Waals surface area (Å²) in [7, 11) is 0. The van der Waals surface area contributed by atoms with Gasteiger partial charge in [-0.05, 0) is 12.8 Å². The lowest BCUT2D eigenvalue weighted by atomic mass is 9.83. The van der Waals surface area contributed by atoms with E-state index in [0.717, 1.165) is 25.7 Å². The predicted molar refractivity (Wildman–Crippen MR) is 66.1 cm³/mol. The van der Waals surface area contributed by atoms with E-state index in [1.54, 1.807) is 10.9 Å². The second-order valence-electron chi connectivity index (χ2n) is 4.30. The van der Waals surface area contributed by atoms with Crippen molar-refractivity contribution in [1.82, 2.24) is 10.3 Å². The molecule has 5 heteroatoms. The monoisotopic (exact) mass is 258 g/mol. The van der Waals surface area contributed by atoms with Crippen LogP contribution in [0, 0.1) is 0 Å². The Kier molecular flexibility index (Phi) is 3.82. The molecule has 0 aromatic carbocycles. The first-order valence-electron chi connectivity index (χ1n) is 5.52. The van der Waals surface area contributed by atoms with Crippen LogP contribution in [-0.2, 0) is 0 Å². The van der Waals surface area contributed by atoms with E-state index in [2.05, 4.69) is 10.3 Å². The Morgan fingerprint density at radius 3 is 2.81 bits per heavy atom. The van der Waals surface area contributed by atoms with Gasteiger partial charge in [0.25, 0.3) is 5.91 Å². The Morgan fingerprint density at radius 2 is 2.25 bits per heavy atom. The van der Waals surface area contributed by atoms with Gasteiger partial charge in [-0.2, -0.15) is 0 Å². The van der Waals surface area contributed by atoms with Crippen LogP contribution in [0.25, 0.3) is 0 Å². The molecule has 1 aliphatic carbocycles. The van der Waals surface area contributed by atoms with Crippen molar-refractivity contribution in [2.24, 2.45) is 0 Å². The number of nitrogens with one attached hydrogen (secondary N) is 1. The highest BCUT2D eigenvalue weighted by Gasteiger charge is 2.33. The lowest BCUT2D eigenvalue weighted by molar-refractivity contribution is 0.0880. The molecule has 1 amide bonds. The summed E-state index contributed by atoms with van der Waals surface area (Å²) in [5.41, 5.74) is 1.96. The maximum absolute atomic E-state index is 11.9. The van der Waals surface area contributed by atoms with Crippen LogP contribution in [-0.4, -0.2) is 22.3 Å². The molecule has 1 heterocycles. The van der Waals surface area contributed by atoms with Gasteiger partial charge in [-0.1, -0.05) is 19.3 Å². The summed E-state index contributed by atoms with van der Waals surface area (Å²) in [6.07, 6.45) is 5.48. The molecule has 0 bridgehead atoms. The van der Waals surface area contributed by atoms with Crippen LogP contribution < -0.4 is 5.32 Å². The van der Waals surface area contributed by atoms with Gasteiger partial charge < -0.3 is 5.32 Å². The average molecular weight is 259 g/mol. The van der Waals surface area contributed by atoms with E-state index in [-0.39, 0.29) is 11.4 Å². The number of thiazole rings is 1. The van der Waals surface area contributed by atoms with Crippen LogP contribution in [0.3, 0.4) is 0 Å². The van der Waals surface area contributed by atoms with E-state index in [0.29, 0.717) is 11.6 Å². The number of alkyl halides is 1. The Labute approximate surface area is 104 Å². The molecule has 2 rings (SSSR count). The third-order valence-corrected chi connectivity index (χ3v) is 4.21. The number of carbonyl (C=O) groups is 1. The van der Waals surface area contributed by atoms with Crippen molar-refractivity contribution < 1.29 is 4.79 Å². The highest BCUT2D eigenvalue weighted by Crippen LogP contribution is 2.29. The standard InChI is InChI=1S/C11H15ClN2OS/c12-7-11(4-2-1-3-5-11)14-10(15)9-6-16-8-13-9/h6,8H,1-5,7H2,(H,14,15). The third-order valence-electron chi connectivity index (χ3n) is 3.11. The summed E-state index contributed by atoms with van der Waals surface area (Å²) in [6.45, 7) is 0. The summed E-state index contributed by atoms with van der Waals surface area (Å²) in [4.78, 5) is 15.9.